The molecule has 7 heteroatoms. The smallest absolute Gasteiger partial charge is 0.309 e. The van der Waals surface area contributed by atoms with E-state index >= 15 is 0 Å². The zero-order valence-corrected chi connectivity index (χ0v) is 24.3. The lowest BCUT2D eigenvalue weighted by Gasteiger charge is -2.34. The van der Waals surface area contributed by atoms with Gasteiger partial charge in [-0.15, -0.1) is 0 Å². The zero-order valence-electron chi connectivity index (χ0n) is 24.3. The topological polar surface area (TPSA) is 112 Å². The fourth-order valence-electron chi connectivity index (χ4n) is 4.98. The van der Waals surface area contributed by atoms with E-state index in [1.165, 1.54) is 103 Å². The number of unbranched alkanes of at least 4 members (excludes halogenated alkanes) is 18. The first-order valence-corrected chi connectivity index (χ1v) is 15.5. The van der Waals surface area contributed by atoms with Crippen molar-refractivity contribution in [2.24, 2.45) is 0 Å². The molecule has 0 aliphatic carbocycles. The fourth-order valence-corrected chi connectivity index (χ4v) is 4.98. The highest BCUT2D eigenvalue weighted by molar-refractivity contribution is 5.67. The molecule has 222 valence electrons. The first-order valence-electron chi connectivity index (χ1n) is 15.5. The van der Waals surface area contributed by atoms with Crippen molar-refractivity contribution in [2.75, 3.05) is 19.6 Å². The van der Waals surface area contributed by atoms with Crippen molar-refractivity contribution in [1.29, 1.82) is 0 Å². The highest BCUT2D eigenvalue weighted by atomic mass is 16.4. The van der Waals surface area contributed by atoms with E-state index in [1.54, 1.807) is 0 Å². The summed E-state index contributed by atoms with van der Waals surface area (Å²) in [7, 11) is 0. The lowest BCUT2D eigenvalue weighted by Crippen LogP contribution is -2.47. The summed E-state index contributed by atoms with van der Waals surface area (Å²) in [5.74, 6) is -2.89. The average molecular weight is 541 g/mol. The van der Waals surface area contributed by atoms with E-state index in [0.29, 0.717) is 0 Å². The predicted molar refractivity (Wildman–Crippen MR) is 154 cm³/mol. The van der Waals surface area contributed by atoms with Crippen LogP contribution in [0.4, 0.5) is 0 Å². The Hall–Kier alpha value is -1.89. The van der Waals surface area contributed by atoms with E-state index in [9.17, 15) is 14.4 Å². The van der Waals surface area contributed by atoms with Crippen molar-refractivity contribution in [3.8, 4) is 0 Å². The van der Waals surface area contributed by atoms with Crippen LogP contribution >= 0.6 is 0 Å². The lowest BCUT2D eigenvalue weighted by molar-refractivity contribution is -0.878. The molecule has 3 N–H and O–H groups in total. The van der Waals surface area contributed by atoms with Crippen LogP contribution in [0.25, 0.3) is 0 Å². The predicted octanol–water partition coefficient (Wildman–Crippen LogP) is 8.17. The third-order valence-electron chi connectivity index (χ3n) is 7.46. The minimum Gasteiger partial charge on any atom is -0.481 e. The molecule has 38 heavy (non-hydrogen) atoms. The Bertz CT molecular complexity index is 588. The summed E-state index contributed by atoms with van der Waals surface area (Å²) >= 11 is 0. The molecule has 0 aromatic carbocycles. The number of carbonyl (C=O) groups is 3. The van der Waals surface area contributed by atoms with E-state index in [2.05, 4.69) is 6.92 Å². The van der Waals surface area contributed by atoms with Gasteiger partial charge < -0.3 is 15.3 Å². The Morgan fingerprint density at radius 1 is 0.500 bits per heavy atom. The van der Waals surface area contributed by atoms with Gasteiger partial charge >= 0.3 is 17.9 Å². The molecule has 0 amide bonds. The van der Waals surface area contributed by atoms with Gasteiger partial charge in [0.25, 0.3) is 0 Å². The average Bonchev–Trinajstić information content (AvgIpc) is 2.88. The molecule has 0 aliphatic heterocycles. The molecule has 0 saturated heterocycles. The Morgan fingerprint density at radius 3 is 1.08 bits per heavy atom. The highest BCUT2D eigenvalue weighted by Gasteiger charge is 2.27. The maximum absolute atomic E-state index is 11.1. The van der Waals surface area contributed by atoms with Crippen LogP contribution in [0.1, 0.15) is 148 Å². The van der Waals surface area contributed by atoms with Gasteiger partial charge in [-0.1, -0.05) is 116 Å². The van der Waals surface area contributed by atoms with Gasteiger partial charge in [-0.05, 0) is 18.9 Å². The molecule has 0 rings (SSSR count). The van der Waals surface area contributed by atoms with Gasteiger partial charge in [-0.3, -0.25) is 18.9 Å². The Balaban J connectivity index is 3.96. The van der Waals surface area contributed by atoms with E-state index in [-0.39, 0.29) is 43.4 Å². The van der Waals surface area contributed by atoms with Crippen LogP contribution in [-0.4, -0.2) is 57.3 Å². The molecule has 0 spiro atoms. The molecule has 7 nitrogen and oxygen atoms in total. The normalized spacial score (nSPS) is 11.8. The highest BCUT2D eigenvalue weighted by Crippen LogP contribution is 2.17. The number of quaternary nitrogens is 1. The molecule has 0 fully saturated rings. The second-order valence-corrected chi connectivity index (χ2v) is 11.0. The van der Waals surface area contributed by atoms with Gasteiger partial charge in [-0.2, -0.15) is 0 Å². The molecule has 0 unspecified atom stereocenters. The molecule has 0 aliphatic rings. The first-order chi connectivity index (χ1) is 18.3. The summed E-state index contributed by atoms with van der Waals surface area (Å²) in [6.07, 6.45) is 28.3. The summed E-state index contributed by atoms with van der Waals surface area (Å²) in [4.78, 5) is 33.3. The third kappa shape index (κ3) is 24.4. The Labute approximate surface area is 232 Å². The summed E-state index contributed by atoms with van der Waals surface area (Å²) < 4.78 is 0.0872. The molecule has 0 aromatic heterocycles. The largest absolute Gasteiger partial charge is 0.481 e. The van der Waals surface area contributed by atoms with Crippen molar-refractivity contribution in [3.05, 3.63) is 12.3 Å². The number of carboxylic acid groups (broad SMARTS) is 3. The number of hydrogen-bond donors (Lipinski definition) is 3. The maximum atomic E-state index is 11.1. The summed E-state index contributed by atoms with van der Waals surface area (Å²) in [5, 5.41) is 27.3. The number of carboxylic acids is 3. The van der Waals surface area contributed by atoms with Crippen LogP contribution < -0.4 is 0 Å². The monoisotopic (exact) mass is 540 g/mol. The van der Waals surface area contributed by atoms with Gasteiger partial charge in [0, 0.05) is 0 Å². The van der Waals surface area contributed by atoms with E-state index < -0.39 is 17.9 Å². The van der Waals surface area contributed by atoms with E-state index in [0.717, 1.165) is 19.3 Å². The SMILES string of the molecule is CCCCCCCCCCCCCCCCCCCC/C=C/[N+](CCC(=O)O)(CCC(=O)O)CCC(=O)O. The molecule has 0 saturated carbocycles. The molecule has 0 radical (unpaired) electrons. The number of hydrogen-bond acceptors (Lipinski definition) is 3. The Morgan fingerprint density at radius 2 is 0.789 bits per heavy atom. The van der Waals surface area contributed by atoms with E-state index in [4.69, 9.17) is 15.3 Å². The van der Waals surface area contributed by atoms with Gasteiger partial charge in [-0.25, -0.2) is 0 Å². The lowest BCUT2D eigenvalue weighted by atomic mass is 10.0. The molecule has 0 atom stereocenters. The van der Waals surface area contributed by atoms with Crippen LogP contribution in [-0.2, 0) is 14.4 Å². The van der Waals surface area contributed by atoms with Crippen LogP contribution in [0.5, 0.6) is 0 Å². The van der Waals surface area contributed by atoms with Crippen LogP contribution in [0, 0.1) is 0 Å². The molecular weight excluding hydrogens is 482 g/mol. The summed E-state index contributed by atoms with van der Waals surface area (Å²) in [6.45, 7) is 2.87. The number of nitrogens with zero attached hydrogens (tertiary/aromatic N) is 1. The van der Waals surface area contributed by atoms with Crippen LogP contribution in [0.2, 0.25) is 0 Å². The van der Waals surface area contributed by atoms with Crippen LogP contribution in [0.15, 0.2) is 12.3 Å². The van der Waals surface area contributed by atoms with Crippen LogP contribution in [0.3, 0.4) is 0 Å². The quantitative estimate of drug-likeness (QED) is 0.0651. The Kier molecular flexibility index (Phi) is 24.1. The van der Waals surface area contributed by atoms with Gasteiger partial charge in [0.1, 0.15) is 0 Å². The van der Waals surface area contributed by atoms with Crippen molar-refractivity contribution in [3.63, 3.8) is 0 Å². The summed E-state index contributed by atoms with van der Waals surface area (Å²) in [6, 6.07) is 0. The zero-order chi connectivity index (χ0) is 28.3. The van der Waals surface area contributed by atoms with Crippen molar-refractivity contribution < 1.29 is 34.2 Å². The second-order valence-electron chi connectivity index (χ2n) is 11.0. The molecular formula is C31H58NO6+. The van der Waals surface area contributed by atoms with Crippen molar-refractivity contribution in [1.82, 2.24) is 0 Å². The standard InChI is InChI=1S/C31H57NO6/c1-2-3-4-5-6-7-8-9-10-11-12-13-14-15-16-17-18-19-20-21-25-32(26-22-29(33)34,27-23-30(35)36)28-24-31(37)38/h21,25H,2-20,22-24,26-28H2,1H3,(H2-,33,34,35,36,37,38)/p+1/b25-21+. The first kappa shape index (κ1) is 36.1. The minimum atomic E-state index is -0.963. The third-order valence-corrected chi connectivity index (χ3v) is 7.46. The van der Waals surface area contributed by atoms with Gasteiger partial charge in [0.2, 0.25) is 0 Å². The van der Waals surface area contributed by atoms with Gasteiger partial charge in [0.15, 0.2) is 0 Å². The van der Waals surface area contributed by atoms with Crippen molar-refractivity contribution >= 4 is 17.9 Å². The number of aliphatic carboxylic acids is 3. The molecule has 0 bridgehead atoms. The van der Waals surface area contributed by atoms with Crippen molar-refractivity contribution in [2.45, 2.75) is 148 Å². The summed E-state index contributed by atoms with van der Waals surface area (Å²) in [5.41, 5.74) is 0. The molecule has 0 aromatic rings. The number of allylic oxidation sites excluding steroid dienone is 1. The maximum Gasteiger partial charge on any atom is 0.309 e. The van der Waals surface area contributed by atoms with E-state index in [1.807, 2.05) is 12.3 Å². The second kappa shape index (κ2) is 25.4. The molecule has 0 heterocycles. The number of rotatable bonds is 29. The minimum absolute atomic E-state index is 0.0872. The fraction of sp³-hybridized carbons (Fsp3) is 0.839. The van der Waals surface area contributed by atoms with Gasteiger partial charge in [0.05, 0.1) is 45.1 Å².